The molecule has 0 aromatic heterocycles. The van der Waals surface area contributed by atoms with E-state index in [-0.39, 0.29) is 11.4 Å². The van der Waals surface area contributed by atoms with Crippen molar-refractivity contribution in [2.45, 2.75) is 39.2 Å². The lowest BCUT2D eigenvalue weighted by atomic mass is 9.93. The molecule has 6 heteroatoms. The molecule has 6 nitrogen and oxygen atoms in total. The molecule has 1 amide bonds. The normalized spacial score (nSPS) is 20.2. The van der Waals surface area contributed by atoms with Crippen molar-refractivity contribution in [2.75, 3.05) is 40.0 Å². The Hall–Kier alpha value is -2.21. The van der Waals surface area contributed by atoms with Gasteiger partial charge in [-0.3, -0.25) is 9.69 Å². The van der Waals surface area contributed by atoms with E-state index in [1.165, 1.54) is 12.8 Å². The second-order valence-corrected chi connectivity index (χ2v) is 8.30. The Bertz CT molecular complexity index is 712. The summed E-state index contributed by atoms with van der Waals surface area (Å²) >= 11 is 0. The number of carbonyl (C=O) groups excluding carboxylic acids is 1. The molecule has 1 saturated heterocycles. The van der Waals surface area contributed by atoms with Gasteiger partial charge in [0.05, 0.1) is 7.11 Å². The van der Waals surface area contributed by atoms with E-state index < -0.39 is 0 Å². The lowest BCUT2D eigenvalue weighted by molar-refractivity contribution is -0.117. The van der Waals surface area contributed by atoms with Crippen LogP contribution in [0, 0.1) is 5.92 Å². The summed E-state index contributed by atoms with van der Waals surface area (Å²) in [7, 11) is 1.59. The van der Waals surface area contributed by atoms with Gasteiger partial charge in [-0.15, -0.1) is 0 Å². The smallest absolute Gasteiger partial charge is 0.244 e. The minimum Gasteiger partial charge on any atom is -0.493 e. The fraction of sp³-hybridized carbons (Fsp3) is 0.591. The standard InChI is InChI=1S/C22H32N2O4/c1-16-6-5-9-24(14-16)22(2,3)15-23-20(25)8-7-17-12-18(26-4)21-19(13-17)27-10-11-28-21/h7-8,12-13,16H,5-6,9-11,14-15H2,1-4H3,(H,23,25). The Morgan fingerprint density at radius 3 is 2.89 bits per heavy atom. The molecule has 0 radical (unpaired) electrons. The number of benzene rings is 1. The third-order valence-corrected chi connectivity index (χ3v) is 5.49. The molecule has 1 fully saturated rings. The van der Waals surface area contributed by atoms with Gasteiger partial charge in [0.15, 0.2) is 11.5 Å². The zero-order valence-electron chi connectivity index (χ0n) is 17.4. The van der Waals surface area contributed by atoms with Crippen LogP contribution in [0.4, 0.5) is 0 Å². The zero-order chi connectivity index (χ0) is 20.1. The van der Waals surface area contributed by atoms with Crippen molar-refractivity contribution in [1.82, 2.24) is 10.2 Å². The number of rotatable bonds is 6. The number of carbonyl (C=O) groups is 1. The predicted molar refractivity (Wildman–Crippen MR) is 110 cm³/mol. The molecular formula is C22H32N2O4. The van der Waals surface area contributed by atoms with Crippen molar-refractivity contribution in [1.29, 1.82) is 0 Å². The highest BCUT2D eigenvalue weighted by molar-refractivity contribution is 5.92. The highest BCUT2D eigenvalue weighted by atomic mass is 16.6. The number of nitrogens with one attached hydrogen (secondary N) is 1. The maximum Gasteiger partial charge on any atom is 0.244 e. The summed E-state index contributed by atoms with van der Waals surface area (Å²) in [6, 6.07) is 3.70. The van der Waals surface area contributed by atoms with E-state index in [9.17, 15) is 4.79 Å². The van der Waals surface area contributed by atoms with Crippen LogP contribution in [-0.2, 0) is 4.79 Å². The first-order valence-corrected chi connectivity index (χ1v) is 10.1. The molecule has 154 valence electrons. The number of methoxy groups -OCH3 is 1. The first kappa shape index (κ1) is 20.5. The van der Waals surface area contributed by atoms with Crippen LogP contribution in [0.5, 0.6) is 17.2 Å². The third-order valence-electron chi connectivity index (χ3n) is 5.49. The molecule has 28 heavy (non-hydrogen) atoms. The summed E-state index contributed by atoms with van der Waals surface area (Å²) in [5.41, 5.74) is 0.777. The van der Waals surface area contributed by atoms with Gasteiger partial charge in [0, 0.05) is 24.7 Å². The average molecular weight is 389 g/mol. The van der Waals surface area contributed by atoms with E-state index >= 15 is 0 Å². The van der Waals surface area contributed by atoms with E-state index in [1.807, 2.05) is 12.1 Å². The molecule has 0 aliphatic carbocycles. The van der Waals surface area contributed by atoms with Crippen LogP contribution in [0.3, 0.4) is 0 Å². The van der Waals surface area contributed by atoms with Gasteiger partial charge in [-0.05, 0) is 62.9 Å². The molecule has 3 rings (SSSR count). The molecule has 2 heterocycles. The van der Waals surface area contributed by atoms with Crippen molar-refractivity contribution in [3.05, 3.63) is 23.8 Å². The van der Waals surface area contributed by atoms with Crippen LogP contribution in [0.1, 0.15) is 39.2 Å². The largest absolute Gasteiger partial charge is 0.493 e. The Morgan fingerprint density at radius 1 is 1.36 bits per heavy atom. The third kappa shape index (κ3) is 4.98. The van der Waals surface area contributed by atoms with E-state index in [4.69, 9.17) is 14.2 Å². The summed E-state index contributed by atoms with van der Waals surface area (Å²) in [5, 5.41) is 3.04. The molecular weight excluding hydrogens is 356 g/mol. The fourth-order valence-corrected chi connectivity index (χ4v) is 3.77. The van der Waals surface area contributed by atoms with E-state index in [0.717, 1.165) is 18.7 Å². The number of fused-ring (bicyclic) bond motifs is 1. The van der Waals surface area contributed by atoms with Crippen LogP contribution < -0.4 is 19.5 Å². The molecule has 1 unspecified atom stereocenters. The van der Waals surface area contributed by atoms with Gasteiger partial charge in [0.1, 0.15) is 13.2 Å². The lowest BCUT2D eigenvalue weighted by Crippen LogP contribution is -2.54. The van der Waals surface area contributed by atoms with Crippen molar-refractivity contribution >= 4 is 12.0 Å². The second kappa shape index (κ2) is 8.86. The monoisotopic (exact) mass is 388 g/mol. The number of hydrogen-bond donors (Lipinski definition) is 1. The molecule has 2 aliphatic heterocycles. The summed E-state index contributed by atoms with van der Waals surface area (Å²) in [5.74, 6) is 2.48. The lowest BCUT2D eigenvalue weighted by Gasteiger charge is -2.43. The van der Waals surface area contributed by atoms with Crippen molar-refractivity contribution in [2.24, 2.45) is 5.92 Å². The molecule has 0 bridgehead atoms. The van der Waals surface area contributed by atoms with Gasteiger partial charge < -0.3 is 19.5 Å². The van der Waals surface area contributed by atoms with Gasteiger partial charge in [0.2, 0.25) is 11.7 Å². The van der Waals surface area contributed by atoms with Crippen LogP contribution in [0.15, 0.2) is 18.2 Å². The minimum absolute atomic E-state index is 0.0571. The Balaban J connectivity index is 1.59. The maximum absolute atomic E-state index is 12.3. The molecule has 1 aromatic rings. The highest BCUT2D eigenvalue weighted by Crippen LogP contribution is 2.40. The van der Waals surface area contributed by atoms with Gasteiger partial charge >= 0.3 is 0 Å². The van der Waals surface area contributed by atoms with Crippen LogP contribution in [-0.4, -0.2) is 56.3 Å². The Morgan fingerprint density at radius 2 is 2.14 bits per heavy atom. The molecule has 0 spiro atoms. The van der Waals surface area contributed by atoms with Crippen molar-refractivity contribution in [3.8, 4) is 17.2 Å². The predicted octanol–water partition coefficient (Wildman–Crippen LogP) is 3.11. The van der Waals surface area contributed by atoms with Crippen LogP contribution in [0.25, 0.3) is 6.08 Å². The van der Waals surface area contributed by atoms with Crippen LogP contribution >= 0.6 is 0 Å². The van der Waals surface area contributed by atoms with E-state index in [1.54, 1.807) is 19.3 Å². The number of nitrogens with zero attached hydrogens (tertiary/aromatic N) is 1. The second-order valence-electron chi connectivity index (χ2n) is 8.30. The summed E-state index contributed by atoms with van der Waals surface area (Å²) in [6.07, 6.45) is 5.84. The maximum atomic E-state index is 12.3. The van der Waals surface area contributed by atoms with Gasteiger partial charge in [0.25, 0.3) is 0 Å². The molecule has 1 aromatic carbocycles. The Kier molecular flexibility index (Phi) is 6.50. The molecule has 0 saturated carbocycles. The van der Waals surface area contributed by atoms with Crippen molar-refractivity contribution < 1.29 is 19.0 Å². The molecule has 1 N–H and O–H groups in total. The average Bonchev–Trinajstić information content (AvgIpc) is 2.70. The van der Waals surface area contributed by atoms with Crippen molar-refractivity contribution in [3.63, 3.8) is 0 Å². The first-order chi connectivity index (χ1) is 13.4. The highest BCUT2D eigenvalue weighted by Gasteiger charge is 2.30. The van der Waals surface area contributed by atoms with Gasteiger partial charge in [-0.1, -0.05) is 6.92 Å². The number of ether oxygens (including phenoxy) is 3. The summed E-state index contributed by atoms with van der Waals surface area (Å²) in [4.78, 5) is 14.8. The van der Waals surface area contributed by atoms with Gasteiger partial charge in [-0.25, -0.2) is 0 Å². The molecule has 2 aliphatic rings. The quantitative estimate of drug-likeness (QED) is 0.759. The van der Waals surface area contributed by atoms with Crippen LogP contribution in [0.2, 0.25) is 0 Å². The fourth-order valence-electron chi connectivity index (χ4n) is 3.77. The topological polar surface area (TPSA) is 60.0 Å². The number of piperidine rings is 1. The minimum atomic E-state index is -0.105. The number of amides is 1. The molecule has 1 atom stereocenters. The summed E-state index contributed by atoms with van der Waals surface area (Å²) < 4.78 is 16.6. The SMILES string of the molecule is COc1cc(C=CC(=O)NCC(C)(C)N2CCCC(C)C2)cc2c1OCCO2. The first-order valence-electron chi connectivity index (χ1n) is 10.1. The summed E-state index contributed by atoms with van der Waals surface area (Å²) in [6.45, 7) is 10.5. The Labute approximate surface area is 167 Å². The van der Waals surface area contributed by atoms with E-state index in [0.29, 0.717) is 42.9 Å². The van der Waals surface area contributed by atoms with Gasteiger partial charge in [-0.2, -0.15) is 0 Å². The number of hydrogen-bond acceptors (Lipinski definition) is 5. The number of likely N-dealkylation sites (tertiary alicyclic amines) is 1. The van der Waals surface area contributed by atoms with E-state index in [2.05, 4.69) is 31.0 Å². The zero-order valence-corrected chi connectivity index (χ0v) is 17.4.